The molecule has 10 nitrogen and oxygen atoms in total. The van der Waals surface area contributed by atoms with Crippen molar-refractivity contribution in [1.29, 1.82) is 0 Å². The zero-order chi connectivity index (χ0) is 39.4. The summed E-state index contributed by atoms with van der Waals surface area (Å²) in [6, 6.07) is 28.9. The highest BCUT2D eigenvalue weighted by atomic mass is 79.9. The third-order valence-corrected chi connectivity index (χ3v) is 11.9. The van der Waals surface area contributed by atoms with Gasteiger partial charge in [-0.25, -0.2) is 21.6 Å². The van der Waals surface area contributed by atoms with Crippen LogP contribution in [-0.4, -0.2) is 71.3 Å². The van der Waals surface area contributed by atoms with Gasteiger partial charge in [-0.1, -0.05) is 107 Å². The average molecular weight is 962 g/mol. The Bertz CT molecular complexity index is 1960. The summed E-state index contributed by atoms with van der Waals surface area (Å²) in [6.07, 6.45) is 1.15. The van der Waals surface area contributed by atoms with Gasteiger partial charge in [0.15, 0.2) is 0 Å². The lowest BCUT2D eigenvalue weighted by Crippen LogP contribution is -2.38. The number of hydrogen-bond acceptors (Lipinski definition) is 8. The van der Waals surface area contributed by atoms with Crippen LogP contribution in [0, 0.1) is 13.8 Å². The Balaban J connectivity index is 0.000000318. The average Bonchev–Trinajstić information content (AvgIpc) is 3.11. The molecule has 288 valence electrons. The van der Waals surface area contributed by atoms with Crippen molar-refractivity contribution >= 4 is 79.8 Å². The molecule has 4 rings (SSSR count). The van der Waals surface area contributed by atoms with E-state index in [2.05, 4.69) is 57.2 Å². The Morgan fingerprint density at radius 3 is 1.60 bits per heavy atom. The molecule has 0 aliphatic carbocycles. The number of rotatable bonds is 15. The van der Waals surface area contributed by atoms with Crippen LogP contribution >= 0.6 is 47.8 Å². The third-order valence-electron chi connectivity index (χ3n) is 7.15. The van der Waals surface area contributed by atoms with Gasteiger partial charge in [0.05, 0.1) is 23.0 Å². The summed E-state index contributed by atoms with van der Waals surface area (Å²) >= 11 is 9.75. The van der Waals surface area contributed by atoms with Crippen molar-refractivity contribution in [3.05, 3.63) is 128 Å². The maximum absolute atomic E-state index is 13.0. The Labute approximate surface area is 339 Å². The summed E-state index contributed by atoms with van der Waals surface area (Å²) in [5.41, 5.74) is 4.08. The van der Waals surface area contributed by atoms with Crippen molar-refractivity contribution in [1.82, 2.24) is 9.03 Å². The van der Waals surface area contributed by atoms with E-state index in [0.717, 1.165) is 31.2 Å². The first-order valence-corrected chi connectivity index (χ1v) is 22.2. The number of alkyl halides is 1. The number of halogens is 3. The second-order valence-corrected chi connectivity index (χ2v) is 17.5. The fraction of sp³-hybridized carbons (Fsp3) is 0.316. The monoisotopic (exact) mass is 958 g/mol. The van der Waals surface area contributed by atoms with Gasteiger partial charge < -0.3 is 9.47 Å². The second-order valence-electron chi connectivity index (χ2n) is 11.4. The van der Waals surface area contributed by atoms with Crippen LogP contribution in [0.3, 0.4) is 0 Å². The molecule has 0 fully saturated rings. The molecule has 0 aliphatic heterocycles. The predicted molar refractivity (Wildman–Crippen MR) is 219 cm³/mol. The van der Waals surface area contributed by atoms with Crippen LogP contribution in [-0.2, 0) is 52.0 Å². The van der Waals surface area contributed by atoms with Gasteiger partial charge in [-0.3, -0.25) is 9.59 Å². The van der Waals surface area contributed by atoms with E-state index in [-0.39, 0.29) is 30.6 Å². The van der Waals surface area contributed by atoms with Gasteiger partial charge in [0, 0.05) is 22.0 Å². The number of ether oxygens (including phenoxy) is 2. The van der Waals surface area contributed by atoms with Crippen molar-refractivity contribution < 1.29 is 35.9 Å². The lowest BCUT2D eigenvalue weighted by molar-refractivity contribution is -0.143. The second kappa shape index (κ2) is 23.8. The Morgan fingerprint density at radius 2 is 1.15 bits per heavy atom. The van der Waals surface area contributed by atoms with Crippen LogP contribution in [0.15, 0.2) is 116 Å². The van der Waals surface area contributed by atoms with Crippen LogP contribution in [0.4, 0.5) is 0 Å². The highest BCUT2D eigenvalue weighted by molar-refractivity contribution is 9.10. The summed E-state index contributed by atoms with van der Waals surface area (Å²) in [5.74, 6) is -0.764. The first-order chi connectivity index (χ1) is 25.1. The number of carbonyl (C=O) groups excluding carboxylic acids is 2. The normalized spacial score (nSPS) is 11.1. The molecule has 0 saturated heterocycles. The van der Waals surface area contributed by atoms with Gasteiger partial charge in [-0.15, -0.1) is 0 Å². The van der Waals surface area contributed by atoms with Gasteiger partial charge in [0.25, 0.3) is 0 Å². The zero-order valence-corrected chi connectivity index (χ0v) is 36.4. The van der Waals surface area contributed by atoms with Crippen molar-refractivity contribution in [3.63, 3.8) is 0 Å². The molecule has 4 aromatic rings. The number of benzene rings is 4. The lowest BCUT2D eigenvalue weighted by atomic mass is 10.1. The third kappa shape index (κ3) is 17.4. The number of esters is 2. The number of carbonyl (C=O) groups is 2. The number of nitrogens with zero attached hydrogens (tertiary/aromatic N) is 1. The lowest BCUT2D eigenvalue weighted by Gasteiger charge is -2.21. The van der Waals surface area contributed by atoms with E-state index >= 15 is 0 Å². The summed E-state index contributed by atoms with van der Waals surface area (Å²) in [4.78, 5) is 22.5. The standard InChI is InChI=1S/C19H22BrNO4S.C15H16BrNO2S.C4H7BrO2/c1-3-25-19(22)14-21(12-11-16-5-4-6-17(20)13-16)26(23,24)18-9-7-15(2)8-10-18;1-12-5-7-15(8-6-12)20(18,19)17-10-9-13-3-2-4-14(16)11-13;1-2-7-4(6)3-5/h4-10,13H,3,11-12,14H2,1-2H3;2-8,11,17H,9-10H2,1H3;2-3H2,1H3. The summed E-state index contributed by atoms with van der Waals surface area (Å²) in [5, 5.41) is 0.292. The molecule has 1 N–H and O–H groups in total. The van der Waals surface area contributed by atoms with Crippen LogP contribution in [0.1, 0.15) is 36.1 Å². The fourth-order valence-corrected chi connectivity index (χ4v) is 7.94. The molecule has 0 saturated carbocycles. The van der Waals surface area contributed by atoms with E-state index in [1.165, 1.54) is 4.31 Å². The largest absolute Gasteiger partial charge is 0.465 e. The minimum absolute atomic E-state index is 0.168. The molecule has 0 spiro atoms. The SMILES string of the molecule is CCOC(=O)CBr.CCOC(=O)CN(CCc1cccc(Br)c1)S(=O)(=O)c1ccc(C)cc1.Cc1ccc(S(=O)(=O)NCCc2cccc(Br)c2)cc1. The van der Waals surface area contributed by atoms with E-state index in [1.54, 1.807) is 62.4 Å². The van der Waals surface area contributed by atoms with Gasteiger partial charge in [0.2, 0.25) is 20.0 Å². The zero-order valence-electron chi connectivity index (χ0n) is 30.1. The molecule has 15 heteroatoms. The van der Waals surface area contributed by atoms with Gasteiger partial charge in [-0.2, -0.15) is 4.31 Å². The maximum Gasteiger partial charge on any atom is 0.321 e. The van der Waals surface area contributed by atoms with Crippen molar-refractivity contribution in [2.24, 2.45) is 0 Å². The number of nitrogens with one attached hydrogen (secondary N) is 1. The van der Waals surface area contributed by atoms with Crippen LogP contribution in [0.5, 0.6) is 0 Å². The molecule has 53 heavy (non-hydrogen) atoms. The summed E-state index contributed by atoms with van der Waals surface area (Å²) < 4.78 is 65.3. The number of aryl methyl sites for hydroxylation is 2. The molecule has 4 aromatic carbocycles. The smallest absolute Gasteiger partial charge is 0.321 e. The molecule has 0 radical (unpaired) electrons. The molecule has 0 aromatic heterocycles. The highest BCUT2D eigenvalue weighted by Crippen LogP contribution is 2.19. The Kier molecular flexibility index (Phi) is 20.7. The van der Waals surface area contributed by atoms with E-state index in [1.807, 2.05) is 62.4 Å². The van der Waals surface area contributed by atoms with Gasteiger partial charge in [0.1, 0.15) is 11.9 Å². The minimum atomic E-state index is -3.79. The molecule has 0 amide bonds. The summed E-state index contributed by atoms with van der Waals surface area (Å²) in [7, 11) is -7.21. The maximum atomic E-state index is 13.0. The molecular weight excluding hydrogens is 916 g/mol. The van der Waals surface area contributed by atoms with Crippen molar-refractivity contribution in [3.8, 4) is 0 Å². The van der Waals surface area contributed by atoms with E-state index < -0.39 is 26.0 Å². The van der Waals surface area contributed by atoms with Crippen LogP contribution in [0.2, 0.25) is 0 Å². The predicted octanol–water partition coefficient (Wildman–Crippen LogP) is 7.78. The van der Waals surface area contributed by atoms with Crippen molar-refractivity contribution in [2.45, 2.75) is 50.3 Å². The summed E-state index contributed by atoms with van der Waals surface area (Å²) in [6.45, 7) is 8.22. The highest BCUT2D eigenvalue weighted by Gasteiger charge is 2.27. The first kappa shape index (κ1) is 46.2. The van der Waals surface area contributed by atoms with E-state index in [9.17, 15) is 26.4 Å². The van der Waals surface area contributed by atoms with Crippen LogP contribution in [0.25, 0.3) is 0 Å². The van der Waals surface area contributed by atoms with Crippen molar-refractivity contribution in [2.75, 3.05) is 38.2 Å². The molecule has 0 heterocycles. The fourth-order valence-electron chi connectivity index (χ4n) is 4.46. The molecule has 0 atom stereocenters. The van der Waals surface area contributed by atoms with Gasteiger partial charge >= 0.3 is 11.9 Å². The Morgan fingerprint density at radius 1 is 0.679 bits per heavy atom. The van der Waals surface area contributed by atoms with Gasteiger partial charge in [-0.05, 0) is 100 Å². The van der Waals surface area contributed by atoms with Crippen LogP contribution < -0.4 is 4.72 Å². The van der Waals surface area contributed by atoms with E-state index in [0.29, 0.717) is 36.2 Å². The Hall–Kier alpha value is -2.92. The minimum Gasteiger partial charge on any atom is -0.465 e. The van der Waals surface area contributed by atoms with E-state index in [4.69, 9.17) is 4.74 Å². The molecule has 0 unspecified atom stereocenters. The first-order valence-electron chi connectivity index (χ1n) is 16.6. The molecule has 0 bridgehead atoms. The number of sulfonamides is 2. The quantitative estimate of drug-likeness (QED) is 0.0944. The number of hydrogen-bond donors (Lipinski definition) is 1. The molecule has 0 aliphatic rings. The molecular formula is C38H45Br3N2O8S2. The topological polar surface area (TPSA) is 136 Å².